The van der Waals surface area contributed by atoms with Crippen molar-refractivity contribution in [1.82, 2.24) is 9.79 Å². The van der Waals surface area contributed by atoms with Crippen LogP contribution in [0.5, 0.6) is 0 Å². The summed E-state index contributed by atoms with van der Waals surface area (Å²) in [5.41, 5.74) is 0.507. The molecule has 1 aromatic carbocycles. The summed E-state index contributed by atoms with van der Waals surface area (Å²) in [5, 5.41) is 0.593. The molecule has 0 aromatic heterocycles. The maximum Gasteiger partial charge on any atom is 0.285 e. The van der Waals surface area contributed by atoms with Crippen molar-refractivity contribution >= 4 is 21.8 Å². The minimum atomic E-state index is -3.44. The second-order valence-corrected chi connectivity index (χ2v) is 5.85. The molecule has 0 aliphatic carbocycles. The summed E-state index contributed by atoms with van der Waals surface area (Å²) in [6.45, 7) is -0.283. The second-order valence-electron chi connectivity index (χ2n) is 3.81. The lowest BCUT2D eigenvalue weighted by Crippen LogP contribution is -2.33. The standard InChI is InChI=1S/C11H12N2O5S/c1-12-19(16,17)7-6-18-13-10(14)8-4-2-3-5-9(8)11(13)15/h2-5,12H,6-7H2,1H3. The van der Waals surface area contributed by atoms with Crippen LogP contribution in [0.1, 0.15) is 20.7 Å². The van der Waals surface area contributed by atoms with Gasteiger partial charge in [-0.05, 0) is 19.2 Å². The summed E-state index contributed by atoms with van der Waals surface area (Å²) in [7, 11) is -2.16. The fourth-order valence-electron chi connectivity index (χ4n) is 1.62. The van der Waals surface area contributed by atoms with Crippen molar-refractivity contribution in [2.24, 2.45) is 0 Å². The highest BCUT2D eigenvalue weighted by molar-refractivity contribution is 7.89. The number of fused-ring (bicyclic) bond motifs is 1. The molecular weight excluding hydrogens is 272 g/mol. The number of hydrogen-bond donors (Lipinski definition) is 1. The molecule has 19 heavy (non-hydrogen) atoms. The zero-order chi connectivity index (χ0) is 14.0. The average molecular weight is 284 g/mol. The number of carbonyl (C=O) groups excluding carboxylic acids is 2. The van der Waals surface area contributed by atoms with Gasteiger partial charge in [0.15, 0.2) is 0 Å². The van der Waals surface area contributed by atoms with Gasteiger partial charge in [0, 0.05) is 0 Å². The van der Waals surface area contributed by atoms with E-state index in [0.29, 0.717) is 5.06 Å². The van der Waals surface area contributed by atoms with Gasteiger partial charge in [-0.2, -0.15) is 0 Å². The molecule has 0 radical (unpaired) electrons. The Labute approximate surface area is 110 Å². The Bertz CT molecular complexity index is 591. The van der Waals surface area contributed by atoms with E-state index in [4.69, 9.17) is 4.84 Å². The number of amides is 2. The van der Waals surface area contributed by atoms with Crippen molar-refractivity contribution in [3.05, 3.63) is 35.4 Å². The molecule has 1 N–H and O–H groups in total. The summed E-state index contributed by atoms with van der Waals surface area (Å²) in [6.07, 6.45) is 0. The van der Waals surface area contributed by atoms with E-state index in [1.807, 2.05) is 0 Å². The fourth-order valence-corrected chi connectivity index (χ4v) is 2.12. The van der Waals surface area contributed by atoms with E-state index in [0.717, 1.165) is 0 Å². The predicted molar refractivity (Wildman–Crippen MR) is 65.7 cm³/mol. The van der Waals surface area contributed by atoms with Gasteiger partial charge in [0.25, 0.3) is 11.8 Å². The van der Waals surface area contributed by atoms with Gasteiger partial charge in [0.1, 0.15) is 0 Å². The van der Waals surface area contributed by atoms with Gasteiger partial charge < -0.3 is 0 Å². The maximum absolute atomic E-state index is 11.8. The number of carbonyl (C=O) groups is 2. The minimum absolute atomic E-state index is 0.254. The molecule has 0 unspecified atom stereocenters. The Morgan fingerprint density at radius 1 is 1.16 bits per heavy atom. The molecule has 2 amide bonds. The van der Waals surface area contributed by atoms with E-state index in [-0.39, 0.29) is 23.5 Å². The molecule has 0 saturated heterocycles. The van der Waals surface area contributed by atoms with Crippen molar-refractivity contribution in [3.8, 4) is 0 Å². The highest BCUT2D eigenvalue weighted by Crippen LogP contribution is 2.22. The average Bonchev–Trinajstić information content (AvgIpc) is 2.64. The Kier molecular flexibility index (Phi) is 3.65. The summed E-state index contributed by atoms with van der Waals surface area (Å²) in [6, 6.07) is 6.31. The van der Waals surface area contributed by atoms with Crippen LogP contribution in [-0.2, 0) is 14.9 Å². The van der Waals surface area contributed by atoms with Gasteiger partial charge in [-0.3, -0.25) is 14.4 Å². The van der Waals surface area contributed by atoms with E-state index in [1.165, 1.54) is 19.2 Å². The number of imide groups is 1. The minimum Gasteiger partial charge on any atom is -0.266 e. The smallest absolute Gasteiger partial charge is 0.266 e. The molecule has 1 aliphatic rings. The quantitative estimate of drug-likeness (QED) is 0.753. The van der Waals surface area contributed by atoms with Gasteiger partial charge >= 0.3 is 0 Å². The van der Waals surface area contributed by atoms with E-state index >= 15 is 0 Å². The Hall–Kier alpha value is -1.77. The normalized spacial score (nSPS) is 14.9. The predicted octanol–water partition coefficient (Wildman–Crippen LogP) is -0.237. The maximum atomic E-state index is 11.8. The molecule has 0 fully saturated rings. The van der Waals surface area contributed by atoms with Crippen LogP contribution in [0.4, 0.5) is 0 Å². The first-order chi connectivity index (χ1) is 8.96. The summed E-state index contributed by atoms with van der Waals surface area (Å²) in [5.74, 6) is -1.50. The second kappa shape index (κ2) is 5.08. The van der Waals surface area contributed by atoms with Crippen LogP contribution in [0, 0.1) is 0 Å². The molecule has 8 heteroatoms. The first-order valence-electron chi connectivity index (χ1n) is 5.48. The zero-order valence-corrected chi connectivity index (χ0v) is 10.9. The van der Waals surface area contributed by atoms with Crippen molar-refractivity contribution in [1.29, 1.82) is 0 Å². The number of benzene rings is 1. The van der Waals surface area contributed by atoms with Crippen LogP contribution >= 0.6 is 0 Å². The Morgan fingerprint density at radius 2 is 1.68 bits per heavy atom. The van der Waals surface area contributed by atoms with E-state index in [1.54, 1.807) is 12.1 Å². The lowest BCUT2D eigenvalue weighted by molar-refractivity contribution is -0.0856. The molecule has 2 rings (SSSR count). The Balaban J connectivity index is 2.05. The lowest BCUT2D eigenvalue weighted by atomic mass is 10.1. The van der Waals surface area contributed by atoms with Crippen LogP contribution < -0.4 is 4.72 Å². The SMILES string of the molecule is CNS(=O)(=O)CCON1C(=O)c2ccccc2C1=O. The number of hydrogen-bond acceptors (Lipinski definition) is 5. The van der Waals surface area contributed by atoms with Gasteiger partial charge in [-0.15, -0.1) is 5.06 Å². The van der Waals surface area contributed by atoms with Crippen LogP contribution in [0.2, 0.25) is 0 Å². The van der Waals surface area contributed by atoms with Gasteiger partial charge in [0.2, 0.25) is 10.0 Å². The molecule has 1 heterocycles. The number of rotatable bonds is 5. The summed E-state index contributed by atoms with van der Waals surface area (Å²) in [4.78, 5) is 28.7. The van der Waals surface area contributed by atoms with Crippen molar-refractivity contribution in [3.63, 3.8) is 0 Å². The van der Waals surface area contributed by atoms with E-state index in [2.05, 4.69) is 4.72 Å². The first kappa shape index (κ1) is 13.7. The van der Waals surface area contributed by atoms with Crippen molar-refractivity contribution < 1.29 is 22.8 Å². The molecule has 1 aromatic rings. The number of hydroxylamine groups is 2. The van der Waals surface area contributed by atoms with Crippen molar-refractivity contribution in [2.45, 2.75) is 0 Å². The molecule has 7 nitrogen and oxygen atoms in total. The van der Waals surface area contributed by atoms with Gasteiger partial charge in [-0.1, -0.05) is 12.1 Å². The molecule has 0 atom stereocenters. The lowest BCUT2D eigenvalue weighted by Gasteiger charge is -2.13. The van der Waals surface area contributed by atoms with Crippen LogP contribution in [-0.4, -0.2) is 44.7 Å². The third kappa shape index (κ3) is 2.65. The zero-order valence-electron chi connectivity index (χ0n) is 10.1. The van der Waals surface area contributed by atoms with Crippen LogP contribution in [0.15, 0.2) is 24.3 Å². The third-order valence-electron chi connectivity index (χ3n) is 2.64. The van der Waals surface area contributed by atoms with Crippen LogP contribution in [0.3, 0.4) is 0 Å². The summed E-state index contributed by atoms with van der Waals surface area (Å²) < 4.78 is 24.5. The first-order valence-corrected chi connectivity index (χ1v) is 7.13. The molecule has 1 aliphatic heterocycles. The third-order valence-corrected chi connectivity index (χ3v) is 3.97. The van der Waals surface area contributed by atoms with Crippen molar-refractivity contribution in [2.75, 3.05) is 19.4 Å². The number of nitrogens with one attached hydrogen (secondary N) is 1. The molecule has 0 saturated carbocycles. The summed E-state index contributed by atoms with van der Waals surface area (Å²) >= 11 is 0. The van der Waals surface area contributed by atoms with Gasteiger partial charge in [-0.25, -0.2) is 13.1 Å². The molecular formula is C11H12N2O5S. The number of nitrogens with zero attached hydrogens (tertiary/aromatic N) is 1. The van der Waals surface area contributed by atoms with Gasteiger partial charge in [0.05, 0.1) is 23.5 Å². The Morgan fingerprint density at radius 3 is 2.16 bits per heavy atom. The fraction of sp³-hybridized carbons (Fsp3) is 0.273. The molecule has 0 spiro atoms. The monoisotopic (exact) mass is 284 g/mol. The number of sulfonamides is 1. The van der Waals surface area contributed by atoms with E-state index < -0.39 is 21.8 Å². The highest BCUT2D eigenvalue weighted by Gasteiger charge is 2.36. The largest absolute Gasteiger partial charge is 0.285 e. The molecule has 102 valence electrons. The van der Waals surface area contributed by atoms with E-state index in [9.17, 15) is 18.0 Å². The molecule has 0 bridgehead atoms. The topological polar surface area (TPSA) is 92.8 Å². The van der Waals surface area contributed by atoms with Crippen LogP contribution in [0.25, 0.3) is 0 Å². The highest BCUT2D eigenvalue weighted by atomic mass is 32.2.